The molecule has 154 valence electrons. The number of carboxylic acids is 1. The first-order valence-electron chi connectivity index (χ1n) is 9.77. The Bertz CT molecular complexity index is 872. The van der Waals surface area contributed by atoms with Crippen LogP contribution in [0.2, 0.25) is 5.02 Å². The first-order chi connectivity index (χ1) is 14.1. The van der Waals surface area contributed by atoms with Crippen LogP contribution >= 0.6 is 11.6 Å². The highest BCUT2D eigenvalue weighted by atomic mass is 35.5. The number of hydrogen-bond donors (Lipinski definition) is 1. The van der Waals surface area contributed by atoms with E-state index < -0.39 is 5.97 Å². The molecule has 1 aromatic heterocycles. The van der Waals surface area contributed by atoms with Crippen LogP contribution in [0.3, 0.4) is 0 Å². The standard InChI is InChI=1S/C21H23ClN2O5/c22-16-6-4-10-23-20(16)24-14(9-12-28-18-8-1-2-11-27-18)13-29-19-15(21(25)26)5-3-7-17(19)24/h3-7,10,14,18H,1-2,8-9,11-13H2,(H,25,26)/t14?,18-/m1/s1. The molecule has 0 amide bonds. The van der Waals surface area contributed by atoms with Crippen molar-refractivity contribution in [2.24, 2.45) is 0 Å². The molecule has 2 aromatic rings. The van der Waals surface area contributed by atoms with Gasteiger partial charge < -0.3 is 24.2 Å². The van der Waals surface area contributed by atoms with E-state index in [1.807, 2.05) is 11.0 Å². The summed E-state index contributed by atoms with van der Waals surface area (Å²) in [7, 11) is 0. The van der Waals surface area contributed by atoms with Crippen molar-refractivity contribution in [2.75, 3.05) is 24.7 Å². The summed E-state index contributed by atoms with van der Waals surface area (Å²) in [6, 6.07) is 8.47. The summed E-state index contributed by atoms with van der Waals surface area (Å²) >= 11 is 6.43. The van der Waals surface area contributed by atoms with Crippen molar-refractivity contribution >= 4 is 29.1 Å². The molecule has 2 atom stereocenters. The summed E-state index contributed by atoms with van der Waals surface area (Å²) in [5.41, 5.74) is 0.750. The summed E-state index contributed by atoms with van der Waals surface area (Å²) in [6.45, 7) is 1.53. The van der Waals surface area contributed by atoms with Gasteiger partial charge in [0, 0.05) is 12.8 Å². The number of anilines is 2. The molecule has 2 aliphatic rings. The molecule has 1 saturated heterocycles. The minimum atomic E-state index is -1.04. The van der Waals surface area contributed by atoms with Gasteiger partial charge in [-0.25, -0.2) is 9.78 Å². The van der Waals surface area contributed by atoms with Crippen molar-refractivity contribution in [3.63, 3.8) is 0 Å². The van der Waals surface area contributed by atoms with Gasteiger partial charge >= 0.3 is 5.97 Å². The maximum absolute atomic E-state index is 11.6. The van der Waals surface area contributed by atoms with Crippen molar-refractivity contribution in [1.29, 1.82) is 0 Å². The zero-order valence-corrected chi connectivity index (χ0v) is 16.7. The quantitative estimate of drug-likeness (QED) is 0.750. The highest BCUT2D eigenvalue weighted by molar-refractivity contribution is 6.33. The fourth-order valence-corrected chi connectivity index (χ4v) is 3.93. The normalized spacial score (nSPS) is 21.3. The number of rotatable bonds is 6. The Kier molecular flexibility index (Phi) is 6.18. The molecule has 3 heterocycles. The second-order valence-corrected chi connectivity index (χ2v) is 7.47. The predicted octanol–water partition coefficient (Wildman–Crippen LogP) is 4.27. The lowest BCUT2D eigenvalue weighted by molar-refractivity contribution is -0.163. The lowest BCUT2D eigenvalue weighted by atomic mass is 10.1. The van der Waals surface area contributed by atoms with Gasteiger partial charge in [0.25, 0.3) is 0 Å². The van der Waals surface area contributed by atoms with Gasteiger partial charge in [-0.2, -0.15) is 0 Å². The molecule has 0 radical (unpaired) electrons. The topological polar surface area (TPSA) is 81.1 Å². The van der Waals surface area contributed by atoms with E-state index in [-0.39, 0.29) is 17.9 Å². The van der Waals surface area contributed by atoms with Gasteiger partial charge in [0.15, 0.2) is 17.9 Å². The molecular weight excluding hydrogens is 396 g/mol. The van der Waals surface area contributed by atoms with Crippen LogP contribution in [0.25, 0.3) is 0 Å². The van der Waals surface area contributed by atoms with E-state index in [9.17, 15) is 9.90 Å². The van der Waals surface area contributed by atoms with E-state index in [4.69, 9.17) is 25.8 Å². The summed E-state index contributed by atoms with van der Waals surface area (Å²) in [6.07, 6.45) is 5.25. The van der Waals surface area contributed by atoms with Crippen LogP contribution in [0.1, 0.15) is 36.0 Å². The van der Waals surface area contributed by atoms with E-state index in [2.05, 4.69) is 4.98 Å². The fraction of sp³-hybridized carbons (Fsp3) is 0.429. The summed E-state index contributed by atoms with van der Waals surface area (Å²) in [5.74, 6) is -0.139. The second-order valence-electron chi connectivity index (χ2n) is 7.06. The average Bonchev–Trinajstić information content (AvgIpc) is 2.74. The number of aromatic carboxylic acids is 1. The average molecular weight is 419 g/mol. The van der Waals surface area contributed by atoms with Crippen LogP contribution in [0, 0.1) is 0 Å². The molecular formula is C21H23ClN2O5. The molecule has 29 heavy (non-hydrogen) atoms. The van der Waals surface area contributed by atoms with E-state index in [1.165, 1.54) is 6.07 Å². The Hall–Kier alpha value is -2.35. The monoisotopic (exact) mass is 418 g/mol. The van der Waals surface area contributed by atoms with Gasteiger partial charge in [-0.1, -0.05) is 17.7 Å². The minimum Gasteiger partial charge on any atom is -0.488 e. The lowest BCUT2D eigenvalue weighted by Gasteiger charge is -2.38. The number of benzene rings is 1. The molecule has 7 nitrogen and oxygen atoms in total. The Morgan fingerprint density at radius 2 is 2.21 bits per heavy atom. The summed E-state index contributed by atoms with van der Waals surface area (Å²) < 4.78 is 17.4. The smallest absolute Gasteiger partial charge is 0.339 e. The SMILES string of the molecule is O=C(O)c1cccc2c1OCC(CCO[C@@H]1CCCCO1)N2c1ncccc1Cl. The number of fused-ring (bicyclic) bond motifs is 1. The van der Waals surface area contributed by atoms with Crippen molar-refractivity contribution in [3.8, 4) is 5.75 Å². The van der Waals surface area contributed by atoms with E-state index in [1.54, 1.807) is 24.4 Å². The first-order valence-corrected chi connectivity index (χ1v) is 10.1. The molecule has 8 heteroatoms. The van der Waals surface area contributed by atoms with Crippen molar-refractivity contribution in [1.82, 2.24) is 4.98 Å². The Labute approximate surface area is 174 Å². The summed E-state index contributed by atoms with van der Waals surface area (Å²) in [5, 5.41) is 10.0. The molecule has 0 saturated carbocycles. The highest BCUT2D eigenvalue weighted by Gasteiger charge is 2.33. The van der Waals surface area contributed by atoms with Gasteiger partial charge in [-0.05, 0) is 49.9 Å². The Morgan fingerprint density at radius 1 is 1.31 bits per heavy atom. The number of halogens is 1. The lowest BCUT2D eigenvalue weighted by Crippen LogP contribution is -2.42. The first kappa shape index (κ1) is 19.9. The molecule has 1 unspecified atom stereocenters. The molecule has 0 bridgehead atoms. The fourth-order valence-electron chi connectivity index (χ4n) is 3.72. The van der Waals surface area contributed by atoms with Crippen LogP contribution in [-0.2, 0) is 9.47 Å². The van der Waals surface area contributed by atoms with Crippen LogP contribution in [0.15, 0.2) is 36.5 Å². The van der Waals surface area contributed by atoms with Crippen LogP contribution < -0.4 is 9.64 Å². The van der Waals surface area contributed by atoms with E-state index >= 15 is 0 Å². The second kappa shape index (κ2) is 8.98. The van der Waals surface area contributed by atoms with Crippen molar-refractivity contribution < 1.29 is 24.1 Å². The van der Waals surface area contributed by atoms with Gasteiger partial charge in [0.1, 0.15) is 12.2 Å². The maximum Gasteiger partial charge on any atom is 0.339 e. The number of carboxylic acid groups (broad SMARTS) is 1. The summed E-state index contributed by atoms with van der Waals surface area (Å²) in [4.78, 5) is 18.0. The van der Waals surface area contributed by atoms with Crippen molar-refractivity contribution in [3.05, 3.63) is 47.1 Å². The molecule has 1 aromatic carbocycles. The molecule has 1 fully saturated rings. The van der Waals surface area contributed by atoms with Crippen LogP contribution in [0.4, 0.5) is 11.5 Å². The van der Waals surface area contributed by atoms with Crippen molar-refractivity contribution in [2.45, 2.75) is 38.0 Å². The highest BCUT2D eigenvalue weighted by Crippen LogP contribution is 2.43. The number of nitrogens with zero attached hydrogens (tertiary/aromatic N) is 2. The zero-order chi connectivity index (χ0) is 20.2. The number of para-hydroxylation sites is 1. The third-order valence-electron chi connectivity index (χ3n) is 5.13. The molecule has 0 spiro atoms. The van der Waals surface area contributed by atoms with Gasteiger partial charge in [0.2, 0.25) is 0 Å². The number of aromatic nitrogens is 1. The van der Waals surface area contributed by atoms with E-state index in [0.717, 1.165) is 25.9 Å². The van der Waals surface area contributed by atoms with Gasteiger partial charge in [-0.3, -0.25) is 0 Å². The van der Waals surface area contributed by atoms with Gasteiger partial charge in [0.05, 0.1) is 23.4 Å². The minimum absolute atomic E-state index is 0.109. The third kappa shape index (κ3) is 4.32. The van der Waals surface area contributed by atoms with E-state index in [0.29, 0.717) is 41.9 Å². The number of ether oxygens (including phenoxy) is 3. The number of hydrogen-bond acceptors (Lipinski definition) is 6. The van der Waals surface area contributed by atoms with Gasteiger partial charge in [-0.15, -0.1) is 0 Å². The molecule has 4 rings (SSSR count). The molecule has 1 N–H and O–H groups in total. The largest absolute Gasteiger partial charge is 0.488 e. The molecule has 0 aliphatic carbocycles. The number of pyridine rings is 1. The zero-order valence-electron chi connectivity index (χ0n) is 15.9. The van der Waals surface area contributed by atoms with Crippen LogP contribution in [0.5, 0.6) is 5.75 Å². The van der Waals surface area contributed by atoms with Crippen LogP contribution in [-0.4, -0.2) is 48.2 Å². The third-order valence-corrected chi connectivity index (χ3v) is 5.42. The predicted molar refractivity (Wildman–Crippen MR) is 108 cm³/mol. The maximum atomic E-state index is 11.6. The Balaban J connectivity index is 1.60. The Morgan fingerprint density at radius 3 is 2.97 bits per heavy atom. The molecule has 2 aliphatic heterocycles. The number of carbonyl (C=O) groups is 1.